The lowest BCUT2D eigenvalue weighted by molar-refractivity contribution is -0.138. The molecule has 28 heavy (non-hydrogen) atoms. The Balaban J connectivity index is 1.63. The van der Waals surface area contributed by atoms with Gasteiger partial charge in [0.2, 0.25) is 5.91 Å². The molecule has 1 saturated carbocycles. The maximum absolute atomic E-state index is 12.7. The van der Waals surface area contributed by atoms with Gasteiger partial charge in [-0.15, -0.1) is 0 Å². The molecule has 0 bridgehead atoms. The van der Waals surface area contributed by atoms with Crippen LogP contribution in [0.5, 0.6) is 0 Å². The highest BCUT2D eigenvalue weighted by molar-refractivity contribution is 5.85. The topological polar surface area (TPSA) is 72.5 Å². The molecule has 1 aromatic heterocycles. The molecule has 1 amide bonds. The van der Waals surface area contributed by atoms with E-state index in [1.54, 1.807) is 4.90 Å². The SMILES string of the molecule is CCNC(=NCC1(C(=O)N(C)C)CCCC1)NCCc1c[nH]c2ccccc12. The minimum absolute atomic E-state index is 0.211. The average Bonchev–Trinajstić information content (AvgIpc) is 3.33. The van der Waals surface area contributed by atoms with Gasteiger partial charge in [-0.3, -0.25) is 9.79 Å². The van der Waals surface area contributed by atoms with Crippen LogP contribution in [0.4, 0.5) is 0 Å². The standard InChI is InChI=1S/C22H33N5O/c1-4-23-21(26-16-22(12-7-8-13-22)20(28)27(2)3)24-14-11-17-15-25-19-10-6-5-9-18(17)19/h5-6,9-10,15,25H,4,7-8,11-14,16H2,1-3H3,(H2,23,24,26). The number of nitrogens with zero attached hydrogens (tertiary/aromatic N) is 2. The number of nitrogens with one attached hydrogen (secondary N) is 3. The largest absolute Gasteiger partial charge is 0.361 e. The average molecular weight is 384 g/mol. The minimum atomic E-state index is -0.331. The Morgan fingerprint density at radius 1 is 1.21 bits per heavy atom. The van der Waals surface area contributed by atoms with Crippen molar-refractivity contribution in [2.75, 3.05) is 33.7 Å². The number of aromatic amines is 1. The van der Waals surface area contributed by atoms with Crippen molar-refractivity contribution < 1.29 is 4.79 Å². The molecule has 0 unspecified atom stereocenters. The van der Waals surface area contributed by atoms with Crippen LogP contribution in [-0.4, -0.2) is 55.5 Å². The number of carbonyl (C=O) groups is 1. The Morgan fingerprint density at radius 3 is 2.68 bits per heavy atom. The molecule has 1 heterocycles. The minimum Gasteiger partial charge on any atom is -0.361 e. The Labute approximate surface area is 167 Å². The van der Waals surface area contributed by atoms with Crippen LogP contribution in [0.2, 0.25) is 0 Å². The van der Waals surface area contributed by atoms with E-state index in [1.807, 2.05) is 20.2 Å². The summed E-state index contributed by atoms with van der Waals surface area (Å²) in [5.74, 6) is 1.00. The molecular formula is C22H33N5O. The second-order valence-electron chi connectivity index (χ2n) is 7.92. The molecule has 1 aliphatic rings. The van der Waals surface area contributed by atoms with Crippen molar-refractivity contribution in [1.82, 2.24) is 20.5 Å². The summed E-state index contributed by atoms with van der Waals surface area (Å²) in [6, 6.07) is 8.36. The number of amides is 1. The number of para-hydroxylation sites is 1. The third-order valence-corrected chi connectivity index (χ3v) is 5.67. The number of carbonyl (C=O) groups excluding carboxylic acids is 1. The van der Waals surface area contributed by atoms with Crippen molar-refractivity contribution in [2.24, 2.45) is 10.4 Å². The molecule has 0 spiro atoms. The van der Waals surface area contributed by atoms with Crippen molar-refractivity contribution in [2.45, 2.75) is 39.0 Å². The normalized spacial score (nSPS) is 16.3. The van der Waals surface area contributed by atoms with E-state index in [0.717, 1.165) is 51.2 Å². The zero-order chi connectivity index (χ0) is 20.0. The molecule has 0 radical (unpaired) electrons. The van der Waals surface area contributed by atoms with Gasteiger partial charge >= 0.3 is 0 Å². The van der Waals surface area contributed by atoms with Crippen LogP contribution in [0, 0.1) is 5.41 Å². The number of rotatable bonds is 7. The van der Waals surface area contributed by atoms with E-state index < -0.39 is 0 Å². The third kappa shape index (κ3) is 4.49. The maximum atomic E-state index is 12.7. The number of aliphatic imine (C=N–C) groups is 1. The van der Waals surface area contributed by atoms with Gasteiger partial charge < -0.3 is 20.5 Å². The quantitative estimate of drug-likeness (QED) is 0.508. The molecule has 1 aromatic carbocycles. The van der Waals surface area contributed by atoms with E-state index >= 15 is 0 Å². The fourth-order valence-electron chi connectivity index (χ4n) is 4.19. The zero-order valence-corrected chi connectivity index (χ0v) is 17.3. The van der Waals surface area contributed by atoms with E-state index in [1.165, 1.54) is 16.5 Å². The van der Waals surface area contributed by atoms with Crippen LogP contribution in [-0.2, 0) is 11.2 Å². The summed E-state index contributed by atoms with van der Waals surface area (Å²) >= 11 is 0. The van der Waals surface area contributed by atoms with Crippen LogP contribution in [0.15, 0.2) is 35.5 Å². The van der Waals surface area contributed by atoms with Crippen molar-refractivity contribution >= 4 is 22.8 Å². The molecule has 6 heteroatoms. The number of benzene rings is 1. The Bertz CT molecular complexity index is 817. The Hall–Kier alpha value is -2.50. The van der Waals surface area contributed by atoms with Gasteiger partial charge in [-0.25, -0.2) is 0 Å². The molecule has 6 nitrogen and oxygen atoms in total. The summed E-state index contributed by atoms with van der Waals surface area (Å²) in [7, 11) is 3.69. The molecule has 3 N–H and O–H groups in total. The first-order valence-electron chi connectivity index (χ1n) is 10.3. The summed E-state index contributed by atoms with van der Waals surface area (Å²) in [4.78, 5) is 22.6. The van der Waals surface area contributed by atoms with Gasteiger partial charge in [0.1, 0.15) is 0 Å². The molecule has 1 aliphatic carbocycles. The summed E-state index contributed by atoms with van der Waals surface area (Å²) < 4.78 is 0. The summed E-state index contributed by atoms with van der Waals surface area (Å²) in [6.07, 6.45) is 7.08. The molecule has 1 fully saturated rings. The van der Waals surface area contributed by atoms with E-state index in [2.05, 4.69) is 46.9 Å². The predicted molar refractivity (Wildman–Crippen MR) is 116 cm³/mol. The van der Waals surface area contributed by atoms with E-state index in [0.29, 0.717) is 6.54 Å². The molecule has 0 saturated heterocycles. The van der Waals surface area contributed by atoms with Gasteiger partial charge in [0.15, 0.2) is 5.96 Å². The number of H-pyrrole nitrogens is 1. The fourth-order valence-corrected chi connectivity index (χ4v) is 4.19. The van der Waals surface area contributed by atoms with Gasteiger partial charge in [0.25, 0.3) is 0 Å². The smallest absolute Gasteiger partial charge is 0.230 e. The van der Waals surface area contributed by atoms with Crippen LogP contribution < -0.4 is 10.6 Å². The molecule has 0 aliphatic heterocycles. The van der Waals surface area contributed by atoms with Crippen LogP contribution in [0.1, 0.15) is 38.2 Å². The van der Waals surface area contributed by atoms with Gasteiger partial charge in [-0.1, -0.05) is 31.0 Å². The lowest BCUT2D eigenvalue weighted by Crippen LogP contribution is -2.43. The third-order valence-electron chi connectivity index (χ3n) is 5.67. The monoisotopic (exact) mass is 383 g/mol. The molecular weight excluding hydrogens is 350 g/mol. The van der Waals surface area contributed by atoms with E-state index in [4.69, 9.17) is 4.99 Å². The number of guanidine groups is 1. The van der Waals surface area contributed by atoms with Gasteiger partial charge in [0, 0.05) is 44.3 Å². The first-order valence-corrected chi connectivity index (χ1v) is 10.3. The van der Waals surface area contributed by atoms with Crippen molar-refractivity contribution in [3.05, 3.63) is 36.0 Å². The second-order valence-corrected chi connectivity index (χ2v) is 7.92. The zero-order valence-electron chi connectivity index (χ0n) is 17.3. The number of hydrogen-bond acceptors (Lipinski definition) is 2. The molecule has 0 atom stereocenters. The van der Waals surface area contributed by atoms with Gasteiger partial charge in [0.05, 0.1) is 12.0 Å². The highest BCUT2D eigenvalue weighted by atomic mass is 16.2. The van der Waals surface area contributed by atoms with Gasteiger partial charge in [-0.2, -0.15) is 0 Å². The first kappa shape index (κ1) is 20.2. The summed E-state index contributed by atoms with van der Waals surface area (Å²) in [5.41, 5.74) is 2.14. The number of hydrogen-bond donors (Lipinski definition) is 3. The summed E-state index contributed by atoms with van der Waals surface area (Å²) in [6.45, 7) is 4.20. The first-order chi connectivity index (χ1) is 13.6. The predicted octanol–water partition coefficient (Wildman–Crippen LogP) is 2.91. The van der Waals surface area contributed by atoms with E-state index in [9.17, 15) is 4.79 Å². The molecule has 152 valence electrons. The van der Waals surface area contributed by atoms with Crippen molar-refractivity contribution in [3.8, 4) is 0 Å². The number of aromatic nitrogens is 1. The molecule has 3 rings (SSSR count). The fraction of sp³-hybridized carbons (Fsp3) is 0.545. The van der Waals surface area contributed by atoms with Crippen molar-refractivity contribution in [1.29, 1.82) is 0 Å². The second kappa shape index (κ2) is 9.13. The highest BCUT2D eigenvalue weighted by Gasteiger charge is 2.42. The Kier molecular flexibility index (Phi) is 6.60. The van der Waals surface area contributed by atoms with Crippen LogP contribution in [0.3, 0.4) is 0 Å². The number of fused-ring (bicyclic) bond motifs is 1. The van der Waals surface area contributed by atoms with Crippen LogP contribution >= 0.6 is 0 Å². The summed E-state index contributed by atoms with van der Waals surface area (Å²) in [5, 5.41) is 8.02. The molecule has 2 aromatic rings. The Morgan fingerprint density at radius 2 is 1.96 bits per heavy atom. The highest BCUT2D eigenvalue weighted by Crippen LogP contribution is 2.39. The lowest BCUT2D eigenvalue weighted by atomic mass is 9.85. The van der Waals surface area contributed by atoms with Gasteiger partial charge in [-0.05, 0) is 37.8 Å². The van der Waals surface area contributed by atoms with Crippen LogP contribution in [0.25, 0.3) is 10.9 Å². The lowest BCUT2D eigenvalue weighted by Gasteiger charge is -2.29. The maximum Gasteiger partial charge on any atom is 0.230 e. The van der Waals surface area contributed by atoms with E-state index in [-0.39, 0.29) is 11.3 Å². The van der Waals surface area contributed by atoms with Crippen molar-refractivity contribution in [3.63, 3.8) is 0 Å².